The molecule has 0 spiro atoms. The fourth-order valence-corrected chi connectivity index (χ4v) is 5.60. The van der Waals surface area contributed by atoms with Crippen LogP contribution in [-0.4, -0.2) is 18.3 Å². The van der Waals surface area contributed by atoms with Crippen LogP contribution in [-0.2, 0) is 9.09 Å². The monoisotopic (exact) mass is 413 g/mol. The van der Waals surface area contributed by atoms with Crippen LogP contribution in [0, 0.1) is 0 Å². The average Bonchev–Trinajstić information content (AvgIpc) is 2.62. The van der Waals surface area contributed by atoms with E-state index in [1.165, 1.54) is 0 Å². The molecule has 0 aliphatic heterocycles. The van der Waals surface area contributed by atoms with Gasteiger partial charge in [-0.05, 0) is 61.1 Å². The Morgan fingerprint density at radius 3 is 2.50 bits per heavy atom. The number of halogens is 1. The number of carbonyl (C=O) groups is 1. The van der Waals surface area contributed by atoms with Gasteiger partial charge in [0.15, 0.2) is 5.75 Å². The van der Waals surface area contributed by atoms with E-state index in [-0.39, 0.29) is 12.5 Å². The number of para-hydroxylation sites is 2. The van der Waals surface area contributed by atoms with Crippen molar-refractivity contribution in [1.29, 1.82) is 0 Å². The topological polar surface area (TPSA) is 64.6 Å². The van der Waals surface area contributed by atoms with Gasteiger partial charge in [-0.25, -0.2) is 4.57 Å². The lowest BCUT2D eigenvalue weighted by molar-refractivity contribution is 0.102. The van der Waals surface area contributed by atoms with Gasteiger partial charge in [0.25, 0.3) is 5.91 Å². The fraction of sp³-hybridized carbons (Fsp3) is 0.278. The summed E-state index contributed by atoms with van der Waals surface area (Å²) in [6.45, 7) is 0.663. The van der Waals surface area contributed by atoms with Gasteiger partial charge >= 0.3 is 6.80 Å². The number of benzene rings is 2. The van der Waals surface area contributed by atoms with Gasteiger partial charge in [0.1, 0.15) is 0 Å². The van der Waals surface area contributed by atoms with Crippen molar-refractivity contribution in [2.45, 2.75) is 20.3 Å². The number of carbonyl (C=O) groups excluding carboxylic acids is 1. The zero-order chi connectivity index (χ0) is 19.0. The smallest absolute Gasteiger partial charge is 0.415 e. The summed E-state index contributed by atoms with van der Waals surface area (Å²) in [4.78, 5) is 12.4. The van der Waals surface area contributed by atoms with Crippen molar-refractivity contribution in [3.63, 3.8) is 0 Å². The first-order chi connectivity index (χ1) is 12.5. The van der Waals surface area contributed by atoms with Crippen LogP contribution in [0.15, 0.2) is 48.5 Å². The maximum absolute atomic E-state index is 12.9. The van der Waals surface area contributed by atoms with E-state index in [2.05, 4.69) is 5.32 Å². The first kappa shape index (κ1) is 20.8. The molecule has 1 amide bonds. The first-order valence-corrected chi connectivity index (χ1v) is 11.7. The van der Waals surface area contributed by atoms with Gasteiger partial charge in [-0.15, -0.1) is 0 Å². The molecule has 1 unspecified atom stereocenters. The predicted octanol–water partition coefficient (Wildman–Crippen LogP) is 6.26. The highest BCUT2D eigenvalue weighted by Crippen LogP contribution is 2.60. The second-order valence-corrected chi connectivity index (χ2v) is 9.80. The molecule has 1 atom stereocenters. The van der Waals surface area contributed by atoms with Crippen LogP contribution in [0.2, 0.25) is 5.02 Å². The number of rotatable bonds is 9. The highest BCUT2D eigenvalue weighted by atomic mass is 35.5. The van der Waals surface area contributed by atoms with Gasteiger partial charge in [0, 0.05) is 16.3 Å². The molecular weight excluding hydrogens is 393 g/mol. The Bertz CT molecular complexity index is 785. The van der Waals surface area contributed by atoms with Crippen LogP contribution in [0.25, 0.3) is 0 Å². The summed E-state index contributed by atoms with van der Waals surface area (Å²) in [7, 11) is 0. The Hall–Kier alpha value is -1.46. The van der Waals surface area contributed by atoms with Crippen LogP contribution < -0.4 is 9.84 Å². The van der Waals surface area contributed by atoms with E-state index in [1.54, 1.807) is 55.5 Å². The van der Waals surface area contributed by atoms with Crippen LogP contribution in [0.5, 0.6) is 5.75 Å². The van der Waals surface area contributed by atoms with Crippen LogP contribution in [0.4, 0.5) is 5.69 Å². The molecule has 0 saturated heterocycles. The minimum atomic E-state index is -3.36. The summed E-state index contributed by atoms with van der Waals surface area (Å²) in [6.07, 6.45) is 0.847. The standard InChI is InChI=1S/C18H21ClNO4PS/c1-3-13-26-25(22,23-4-2)24-17-8-6-5-7-16(17)20-18(21)14-9-11-15(19)12-10-14/h5-12H,3-4,13H2,1-2H3,(H,20,21). The summed E-state index contributed by atoms with van der Waals surface area (Å²) >= 11 is 7.00. The van der Waals surface area contributed by atoms with E-state index in [0.29, 0.717) is 27.8 Å². The molecule has 8 heteroatoms. The van der Waals surface area contributed by atoms with E-state index in [0.717, 1.165) is 17.8 Å². The molecule has 2 aromatic rings. The zero-order valence-electron chi connectivity index (χ0n) is 14.6. The third-order valence-electron chi connectivity index (χ3n) is 3.19. The van der Waals surface area contributed by atoms with Crippen molar-refractivity contribution < 1.29 is 18.4 Å². The molecule has 0 fully saturated rings. The third-order valence-corrected chi connectivity index (χ3v) is 7.38. The molecule has 0 bridgehead atoms. The van der Waals surface area contributed by atoms with Gasteiger partial charge in [-0.2, -0.15) is 0 Å². The number of anilines is 1. The Morgan fingerprint density at radius 1 is 1.15 bits per heavy atom. The normalized spacial score (nSPS) is 13.0. The van der Waals surface area contributed by atoms with Crippen molar-refractivity contribution >= 4 is 41.4 Å². The molecule has 2 aromatic carbocycles. The maximum Gasteiger partial charge on any atom is 0.440 e. The molecule has 5 nitrogen and oxygen atoms in total. The Labute approximate surface area is 162 Å². The van der Waals surface area contributed by atoms with Crippen LogP contribution in [0.1, 0.15) is 30.6 Å². The minimum Gasteiger partial charge on any atom is -0.415 e. The number of nitrogens with one attached hydrogen (secondary N) is 1. The van der Waals surface area contributed by atoms with Crippen LogP contribution >= 0.6 is 29.8 Å². The minimum absolute atomic E-state index is 0.271. The molecule has 0 aliphatic carbocycles. The molecule has 0 aromatic heterocycles. The van der Waals surface area contributed by atoms with Crippen LogP contribution in [0.3, 0.4) is 0 Å². The van der Waals surface area contributed by atoms with Gasteiger partial charge in [0.05, 0.1) is 12.3 Å². The van der Waals surface area contributed by atoms with Gasteiger partial charge in [-0.1, -0.05) is 30.7 Å². The van der Waals surface area contributed by atoms with E-state index in [9.17, 15) is 9.36 Å². The third kappa shape index (κ3) is 6.06. The number of hydrogen-bond donors (Lipinski definition) is 1. The average molecular weight is 414 g/mol. The second kappa shape index (κ2) is 10.0. The Balaban J connectivity index is 2.19. The predicted molar refractivity (Wildman–Crippen MR) is 108 cm³/mol. The fourth-order valence-electron chi connectivity index (χ4n) is 2.02. The second-order valence-electron chi connectivity index (χ2n) is 5.25. The summed E-state index contributed by atoms with van der Waals surface area (Å²) in [5.74, 6) is 0.636. The largest absolute Gasteiger partial charge is 0.440 e. The summed E-state index contributed by atoms with van der Waals surface area (Å²) in [5, 5.41) is 3.33. The van der Waals surface area contributed by atoms with Gasteiger partial charge in [-0.3, -0.25) is 9.32 Å². The first-order valence-electron chi connectivity index (χ1n) is 8.22. The lowest BCUT2D eigenvalue weighted by Crippen LogP contribution is -2.12. The highest BCUT2D eigenvalue weighted by molar-refractivity contribution is 8.55. The highest BCUT2D eigenvalue weighted by Gasteiger charge is 2.27. The van der Waals surface area contributed by atoms with Crippen molar-refractivity contribution in [3.8, 4) is 5.75 Å². The Kier molecular flexibility index (Phi) is 8.04. The van der Waals surface area contributed by atoms with E-state index in [1.807, 2.05) is 6.92 Å². The van der Waals surface area contributed by atoms with E-state index in [4.69, 9.17) is 20.6 Å². The summed E-state index contributed by atoms with van der Waals surface area (Å²) in [5.41, 5.74) is 0.877. The van der Waals surface area contributed by atoms with E-state index < -0.39 is 6.80 Å². The molecule has 0 saturated carbocycles. The quantitative estimate of drug-likeness (QED) is 0.491. The lowest BCUT2D eigenvalue weighted by atomic mass is 10.2. The molecular formula is C18H21ClNO4PS. The molecule has 26 heavy (non-hydrogen) atoms. The van der Waals surface area contributed by atoms with Crippen molar-refractivity contribution in [3.05, 3.63) is 59.1 Å². The molecule has 0 heterocycles. The maximum atomic E-state index is 12.9. The summed E-state index contributed by atoms with van der Waals surface area (Å²) in [6, 6.07) is 13.4. The molecule has 2 rings (SSSR count). The summed E-state index contributed by atoms with van der Waals surface area (Å²) < 4.78 is 23.9. The van der Waals surface area contributed by atoms with Crippen molar-refractivity contribution in [2.75, 3.05) is 17.7 Å². The molecule has 140 valence electrons. The number of amides is 1. The van der Waals surface area contributed by atoms with E-state index >= 15 is 0 Å². The lowest BCUT2D eigenvalue weighted by Gasteiger charge is -2.19. The molecule has 1 N–H and O–H groups in total. The zero-order valence-corrected chi connectivity index (χ0v) is 17.1. The SMILES string of the molecule is CCCSP(=O)(OCC)Oc1ccccc1NC(=O)c1ccc(Cl)cc1. The van der Waals surface area contributed by atoms with Crippen molar-refractivity contribution in [2.24, 2.45) is 0 Å². The van der Waals surface area contributed by atoms with Gasteiger partial charge in [0.2, 0.25) is 0 Å². The molecule has 0 radical (unpaired) electrons. The van der Waals surface area contributed by atoms with Gasteiger partial charge < -0.3 is 9.84 Å². The number of hydrogen-bond acceptors (Lipinski definition) is 5. The Morgan fingerprint density at radius 2 is 1.85 bits per heavy atom. The molecule has 0 aliphatic rings. The van der Waals surface area contributed by atoms with Crippen molar-refractivity contribution in [1.82, 2.24) is 0 Å².